The van der Waals surface area contributed by atoms with Crippen molar-refractivity contribution in [3.63, 3.8) is 0 Å². The van der Waals surface area contributed by atoms with Gasteiger partial charge in [0.2, 0.25) is 0 Å². The van der Waals surface area contributed by atoms with Gasteiger partial charge in [-0.05, 0) is 31.0 Å². The summed E-state index contributed by atoms with van der Waals surface area (Å²) in [5, 5.41) is 10.6. The van der Waals surface area contributed by atoms with Gasteiger partial charge in [-0.3, -0.25) is 10.1 Å². The summed E-state index contributed by atoms with van der Waals surface area (Å²) in [6, 6.07) is 7.55. The minimum atomic E-state index is -0.427. The molecule has 1 fully saturated rings. The molecule has 1 atom stereocenters. The van der Waals surface area contributed by atoms with Crippen LogP contribution in [0.2, 0.25) is 0 Å². The third kappa shape index (κ3) is 2.16. The van der Waals surface area contributed by atoms with Crippen LogP contribution in [0.1, 0.15) is 24.6 Å². The van der Waals surface area contributed by atoms with Crippen LogP contribution in [0.25, 0.3) is 0 Å². The van der Waals surface area contributed by atoms with Crippen molar-refractivity contribution in [2.45, 2.75) is 18.9 Å². The van der Waals surface area contributed by atoms with E-state index in [0.717, 1.165) is 30.9 Å². The van der Waals surface area contributed by atoms with E-state index in [0.29, 0.717) is 0 Å². The number of H-pyrrole nitrogens is 1. The Morgan fingerprint density at radius 1 is 1.42 bits per heavy atom. The SMILES string of the molecule is O=[N+]([O-])c1ccc(N2CCC[C@@H]2c2ccc[nH]2)nc1. The smallest absolute Gasteiger partial charge is 0.287 e. The average molecular weight is 258 g/mol. The molecule has 0 radical (unpaired) electrons. The summed E-state index contributed by atoms with van der Waals surface area (Å²) in [5.74, 6) is 0.794. The Morgan fingerprint density at radius 2 is 2.32 bits per heavy atom. The lowest BCUT2D eigenvalue weighted by atomic mass is 10.1. The second-order valence-electron chi connectivity index (χ2n) is 4.61. The van der Waals surface area contributed by atoms with E-state index in [1.54, 1.807) is 6.07 Å². The normalized spacial score (nSPS) is 18.7. The second kappa shape index (κ2) is 4.72. The number of nitrogens with one attached hydrogen (secondary N) is 1. The third-order valence-electron chi connectivity index (χ3n) is 3.47. The molecular formula is C13H14N4O2. The number of aromatic nitrogens is 2. The Hall–Kier alpha value is -2.37. The van der Waals surface area contributed by atoms with Gasteiger partial charge in [0.1, 0.15) is 12.0 Å². The minimum absolute atomic E-state index is 0.0272. The molecule has 2 aromatic rings. The predicted molar refractivity (Wildman–Crippen MR) is 71.0 cm³/mol. The van der Waals surface area contributed by atoms with Gasteiger partial charge in [-0.25, -0.2) is 4.98 Å². The van der Waals surface area contributed by atoms with Crippen molar-refractivity contribution < 1.29 is 4.92 Å². The second-order valence-corrected chi connectivity index (χ2v) is 4.61. The van der Waals surface area contributed by atoms with Crippen LogP contribution in [0, 0.1) is 10.1 Å². The monoisotopic (exact) mass is 258 g/mol. The average Bonchev–Trinajstić information content (AvgIpc) is 3.09. The number of rotatable bonds is 3. The molecule has 98 valence electrons. The van der Waals surface area contributed by atoms with Crippen molar-refractivity contribution in [1.82, 2.24) is 9.97 Å². The molecule has 3 rings (SSSR count). The third-order valence-corrected chi connectivity index (χ3v) is 3.47. The van der Waals surface area contributed by atoms with E-state index < -0.39 is 4.92 Å². The van der Waals surface area contributed by atoms with Gasteiger partial charge in [-0.15, -0.1) is 0 Å². The number of pyridine rings is 1. The minimum Gasteiger partial charge on any atom is -0.363 e. The van der Waals surface area contributed by atoms with E-state index in [4.69, 9.17) is 0 Å². The maximum Gasteiger partial charge on any atom is 0.287 e. The molecule has 0 spiro atoms. The Kier molecular flexibility index (Phi) is 2.91. The first-order valence-electron chi connectivity index (χ1n) is 6.26. The molecule has 0 aromatic carbocycles. The summed E-state index contributed by atoms with van der Waals surface area (Å²) in [5.41, 5.74) is 1.19. The van der Waals surface area contributed by atoms with Crippen LogP contribution in [0.3, 0.4) is 0 Å². The highest BCUT2D eigenvalue weighted by Crippen LogP contribution is 2.34. The molecule has 0 unspecified atom stereocenters. The summed E-state index contributed by atoms with van der Waals surface area (Å²) in [6.07, 6.45) is 5.40. The maximum absolute atomic E-state index is 10.6. The van der Waals surface area contributed by atoms with Crippen LogP contribution in [-0.4, -0.2) is 21.4 Å². The molecule has 6 nitrogen and oxygen atoms in total. The number of hydrogen-bond donors (Lipinski definition) is 1. The van der Waals surface area contributed by atoms with Gasteiger partial charge in [-0.2, -0.15) is 0 Å². The van der Waals surface area contributed by atoms with Gasteiger partial charge in [0.05, 0.1) is 11.0 Å². The molecular weight excluding hydrogens is 244 g/mol. The van der Waals surface area contributed by atoms with Crippen molar-refractivity contribution in [1.29, 1.82) is 0 Å². The van der Waals surface area contributed by atoms with Crippen LogP contribution in [-0.2, 0) is 0 Å². The molecule has 0 saturated carbocycles. The van der Waals surface area contributed by atoms with E-state index >= 15 is 0 Å². The Morgan fingerprint density at radius 3 is 2.95 bits per heavy atom. The summed E-state index contributed by atoms with van der Waals surface area (Å²) >= 11 is 0. The summed E-state index contributed by atoms with van der Waals surface area (Å²) in [7, 11) is 0. The zero-order valence-electron chi connectivity index (χ0n) is 10.3. The van der Waals surface area contributed by atoms with Crippen LogP contribution >= 0.6 is 0 Å². The standard InChI is InChI=1S/C13H14N4O2/c18-17(19)10-5-6-13(15-9-10)16-8-2-4-12(16)11-3-1-7-14-11/h1,3,5-7,9,12,14H,2,4,8H2/t12-/m1/s1. The Labute approximate surface area is 110 Å². The van der Waals surface area contributed by atoms with E-state index in [9.17, 15) is 10.1 Å². The van der Waals surface area contributed by atoms with Crippen molar-refractivity contribution in [3.05, 3.63) is 52.5 Å². The van der Waals surface area contributed by atoms with Crippen LogP contribution in [0.5, 0.6) is 0 Å². The van der Waals surface area contributed by atoms with Gasteiger partial charge in [0, 0.05) is 24.5 Å². The first-order valence-corrected chi connectivity index (χ1v) is 6.26. The largest absolute Gasteiger partial charge is 0.363 e. The quantitative estimate of drug-likeness (QED) is 0.678. The lowest BCUT2D eigenvalue weighted by Crippen LogP contribution is -2.23. The lowest BCUT2D eigenvalue weighted by molar-refractivity contribution is -0.385. The van der Waals surface area contributed by atoms with Crippen LogP contribution in [0.4, 0.5) is 11.5 Å². The molecule has 1 saturated heterocycles. The van der Waals surface area contributed by atoms with Crippen molar-refractivity contribution in [2.24, 2.45) is 0 Å². The number of nitro groups is 1. The topological polar surface area (TPSA) is 75.1 Å². The van der Waals surface area contributed by atoms with Crippen molar-refractivity contribution in [2.75, 3.05) is 11.4 Å². The first kappa shape index (κ1) is 11.7. The zero-order valence-corrected chi connectivity index (χ0v) is 10.3. The lowest BCUT2D eigenvalue weighted by Gasteiger charge is -2.24. The molecule has 3 heterocycles. The molecule has 1 aliphatic heterocycles. The molecule has 1 N–H and O–H groups in total. The number of nitrogens with zero attached hydrogens (tertiary/aromatic N) is 3. The van der Waals surface area contributed by atoms with E-state index in [-0.39, 0.29) is 11.7 Å². The van der Waals surface area contributed by atoms with Gasteiger partial charge in [-0.1, -0.05) is 0 Å². The van der Waals surface area contributed by atoms with Gasteiger partial charge in [0.15, 0.2) is 0 Å². The van der Waals surface area contributed by atoms with Crippen LogP contribution < -0.4 is 4.90 Å². The molecule has 0 bridgehead atoms. The molecule has 0 aliphatic carbocycles. The van der Waals surface area contributed by atoms with Crippen LogP contribution in [0.15, 0.2) is 36.7 Å². The summed E-state index contributed by atoms with van der Waals surface area (Å²) in [6.45, 7) is 0.925. The van der Waals surface area contributed by atoms with Crippen molar-refractivity contribution in [3.8, 4) is 0 Å². The first-order chi connectivity index (χ1) is 9.25. The van der Waals surface area contributed by atoms with E-state index in [2.05, 4.69) is 20.9 Å². The predicted octanol–water partition coefficient (Wildman–Crippen LogP) is 2.66. The van der Waals surface area contributed by atoms with E-state index in [1.165, 1.54) is 12.3 Å². The highest BCUT2D eigenvalue weighted by molar-refractivity contribution is 5.46. The summed E-state index contributed by atoms with van der Waals surface area (Å²) in [4.78, 5) is 19.8. The Balaban J connectivity index is 1.86. The molecule has 0 amide bonds. The number of anilines is 1. The highest BCUT2D eigenvalue weighted by atomic mass is 16.6. The molecule has 2 aromatic heterocycles. The van der Waals surface area contributed by atoms with Crippen molar-refractivity contribution >= 4 is 11.5 Å². The maximum atomic E-state index is 10.6. The Bertz CT molecular complexity index is 565. The van der Waals surface area contributed by atoms with Gasteiger partial charge in [0.25, 0.3) is 5.69 Å². The molecule has 19 heavy (non-hydrogen) atoms. The molecule has 6 heteroatoms. The highest BCUT2D eigenvalue weighted by Gasteiger charge is 2.27. The molecule has 1 aliphatic rings. The summed E-state index contributed by atoms with van der Waals surface area (Å²) < 4.78 is 0. The number of hydrogen-bond acceptors (Lipinski definition) is 4. The van der Waals surface area contributed by atoms with E-state index in [1.807, 2.05) is 12.3 Å². The van der Waals surface area contributed by atoms with Gasteiger partial charge >= 0.3 is 0 Å². The fourth-order valence-electron chi connectivity index (χ4n) is 2.57. The fraction of sp³-hybridized carbons (Fsp3) is 0.308. The zero-order chi connectivity index (χ0) is 13.2. The fourth-order valence-corrected chi connectivity index (χ4v) is 2.57. The number of aromatic amines is 1. The van der Waals surface area contributed by atoms with Gasteiger partial charge < -0.3 is 9.88 Å².